The summed E-state index contributed by atoms with van der Waals surface area (Å²) in [5, 5.41) is 12.4. The highest BCUT2D eigenvalue weighted by Gasteiger charge is 2.18. The molecule has 2 heterocycles. The lowest BCUT2D eigenvalue weighted by Crippen LogP contribution is -2.48. The quantitative estimate of drug-likeness (QED) is 0.811. The molecule has 1 fully saturated rings. The van der Waals surface area contributed by atoms with Crippen molar-refractivity contribution in [2.75, 3.05) is 49.5 Å². The lowest BCUT2D eigenvalue weighted by molar-refractivity contribution is 0.267. The number of nitrogens with one attached hydrogen (secondary N) is 1. The van der Waals surface area contributed by atoms with Gasteiger partial charge in [0.05, 0.1) is 0 Å². The van der Waals surface area contributed by atoms with E-state index in [1.807, 2.05) is 24.3 Å². The molecule has 1 aromatic heterocycles. The molecule has 0 saturated carbocycles. The fourth-order valence-electron chi connectivity index (χ4n) is 3.35. The number of piperazine rings is 1. The smallest absolute Gasteiger partial charge is 0.332 e. The third-order valence-electron chi connectivity index (χ3n) is 4.99. The Bertz CT molecular complexity index is 949. The molecule has 0 aliphatic carbocycles. The third kappa shape index (κ3) is 3.88. The fraction of sp³-hybridized carbons (Fsp3) is 0.421. The lowest BCUT2D eigenvalue weighted by Gasteiger charge is -2.36. The summed E-state index contributed by atoms with van der Waals surface area (Å²) >= 11 is 0. The molecular formula is C19H24N6O2. The van der Waals surface area contributed by atoms with E-state index in [2.05, 4.69) is 27.2 Å². The lowest BCUT2D eigenvalue weighted by atomic mass is 10.2. The van der Waals surface area contributed by atoms with Crippen LogP contribution in [0.15, 0.2) is 39.9 Å². The van der Waals surface area contributed by atoms with Gasteiger partial charge in [0, 0.05) is 59.1 Å². The van der Waals surface area contributed by atoms with Gasteiger partial charge in [0.15, 0.2) is 5.56 Å². The molecule has 1 N–H and O–H groups in total. The van der Waals surface area contributed by atoms with Gasteiger partial charge < -0.3 is 10.2 Å². The molecule has 1 aromatic carbocycles. The predicted molar refractivity (Wildman–Crippen MR) is 105 cm³/mol. The minimum Gasteiger partial charge on any atom is -0.369 e. The highest BCUT2D eigenvalue weighted by Crippen LogP contribution is 2.15. The molecular weight excluding hydrogens is 344 g/mol. The molecule has 3 rings (SSSR count). The van der Waals surface area contributed by atoms with Crippen LogP contribution in [-0.4, -0.2) is 53.3 Å². The van der Waals surface area contributed by atoms with Crippen LogP contribution in [0.2, 0.25) is 0 Å². The van der Waals surface area contributed by atoms with E-state index in [1.54, 1.807) is 7.05 Å². The number of rotatable bonds is 5. The Morgan fingerprint density at radius 3 is 2.33 bits per heavy atom. The Labute approximate surface area is 157 Å². The van der Waals surface area contributed by atoms with Crippen LogP contribution in [0.5, 0.6) is 0 Å². The maximum absolute atomic E-state index is 12.1. The SMILES string of the molecule is Cn1c(NCCN2CCN(c3ccccc3)CC2)c(C#N)c(=O)n(C)c1=O. The van der Waals surface area contributed by atoms with Gasteiger partial charge in [-0.05, 0) is 12.1 Å². The first-order valence-corrected chi connectivity index (χ1v) is 8.99. The highest BCUT2D eigenvalue weighted by atomic mass is 16.2. The average molecular weight is 368 g/mol. The standard InChI is InChI=1S/C19H24N6O2/c1-22-17(16(14-20)18(26)23(2)19(22)27)21-8-9-24-10-12-25(13-11-24)15-6-4-3-5-7-15/h3-7,21H,8-13H2,1-2H3. The zero-order valence-electron chi connectivity index (χ0n) is 15.7. The van der Waals surface area contributed by atoms with Crippen molar-refractivity contribution in [3.05, 3.63) is 56.7 Å². The van der Waals surface area contributed by atoms with Crippen LogP contribution < -0.4 is 21.5 Å². The Morgan fingerprint density at radius 2 is 1.70 bits per heavy atom. The first-order chi connectivity index (χ1) is 13.0. The van der Waals surface area contributed by atoms with Gasteiger partial charge in [-0.2, -0.15) is 5.26 Å². The molecule has 27 heavy (non-hydrogen) atoms. The van der Waals surface area contributed by atoms with Crippen molar-refractivity contribution in [2.45, 2.75) is 0 Å². The number of para-hydroxylation sites is 1. The van der Waals surface area contributed by atoms with Crippen molar-refractivity contribution in [3.63, 3.8) is 0 Å². The van der Waals surface area contributed by atoms with Gasteiger partial charge >= 0.3 is 5.69 Å². The van der Waals surface area contributed by atoms with Crippen LogP contribution in [0.25, 0.3) is 0 Å². The highest BCUT2D eigenvalue weighted by molar-refractivity contribution is 5.51. The molecule has 0 amide bonds. The summed E-state index contributed by atoms with van der Waals surface area (Å²) in [5.74, 6) is 0.286. The fourth-order valence-corrected chi connectivity index (χ4v) is 3.35. The second-order valence-corrected chi connectivity index (χ2v) is 6.63. The van der Waals surface area contributed by atoms with Gasteiger partial charge in [-0.15, -0.1) is 0 Å². The third-order valence-corrected chi connectivity index (χ3v) is 4.99. The minimum atomic E-state index is -0.570. The van der Waals surface area contributed by atoms with Crippen LogP contribution in [0.4, 0.5) is 11.5 Å². The monoisotopic (exact) mass is 368 g/mol. The van der Waals surface area contributed by atoms with Gasteiger partial charge in [-0.3, -0.25) is 18.8 Å². The van der Waals surface area contributed by atoms with Crippen molar-refractivity contribution in [1.82, 2.24) is 14.0 Å². The Kier molecular flexibility index (Phi) is 5.62. The number of nitrogens with zero attached hydrogens (tertiary/aromatic N) is 5. The summed E-state index contributed by atoms with van der Waals surface area (Å²) in [5.41, 5.74) is 0.190. The molecule has 1 aliphatic heterocycles. The summed E-state index contributed by atoms with van der Waals surface area (Å²) in [7, 11) is 2.94. The van der Waals surface area contributed by atoms with Crippen molar-refractivity contribution >= 4 is 11.5 Å². The second-order valence-electron chi connectivity index (χ2n) is 6.63. The maximum Gasteiger partial charge on any atom is 0.332 e. The van der Waals surface area contributed by atoms with E-state index >= 15 is 0 Å². The van der Waals surface area contributed by atoms with Gasteiger partial charge in [-0.25, -0.2) is 4.79 Å². The van der Waals surface area contributed by atoms with Crippen LogP contribution in [-0.2, 0) is 14.1 Å². The van der Waals surface area contributed by atoms with E-state index in [9.17, 15) is 14.9 Å². The van der Waals surface area contributed by atoms with E-state index in [0.29, 0.717) is 6.54 Å². The summed E-state index contributed by atoms with van der Waals surface area (Å²) < 4.78 is 2.26. The van der Waals surface area contributed by atoms with Gasteiger partial charge in [-0.1, -0.05) is 18.2 Å². The predicted octanol–water partition coefficient (Wildman–Crippen LogP) is 0.190. The van der Waals surface area contributed by atoms with Gasteiger partial charge in [0.2, 0.25) is 0 Å². The molecule has 142 valence electrons. The molecule has 0 radical (unpaired) electrons. The first-order valence-electron chi connectivity index (χ1n) is 8.99. The molecule has 0 atom stereocenters. The Balaban J connectivity index is 1.58. The number of hydrogen-bond acceptors (Lipinski definition) is 6. The first kappa shape index (κ1) is 18.7. The maximum atomic E-state index is 12.1. The summed E-state index contributed by atoms with van der Waals surface area (Å²) in [6.45, 7) is 5.13. The van der Waals surface area contributed by atoms with E-state index in [0.717, 1.165) is 37.3 Å². The summed E-state index contributed by atoms with van der Waals surface area (Å²) in [6.07, 6.45) is 0. The van der Waals surface area contributed by atoms with Crippen LogP contribution >= 0.6 is 0 Å². The topological polar surface area (TPSA) is 86.3 Å². The molecule has 8 heteroatoms. The van der Waals surface area contributed by atoms with E-state index in [4.69, 9.17) is 0 Å². The Morgan fingerprint density at radius 1 is 1.04 bits per heavy atom. The van der Waals surface area contributed by atoms with Crippen molar-refractivity contribution in [3.8, 4) is 6.07 Å². The van der Waals surface area contributed by atoms with E-state index in [1.165, 1.54) is 17.3 Å². The average Bonchev–Trinajstić information content (AvgIpc) is 2.71. The number of benzene rings is 1. The van der Waals surface area contributed by atoms with Crippen molar-refractivity contribution in [2.24, 2.45) is 14.1 Å². The van der Waals surface area contributed by atoms with Gasteiger partial charge in [0.25, 0.3) is 5.56 Å². The molecule has 8 nitrogen and oxygen atoms in total. The van der Waals surface area contributed by atoms with Gasteiger partial charge in [0.1, 0.15) is 11.9 Å². The molecule has 0 spiro atoms. The van der Waals surface area contributed by atoms with Crippen molar-refractivity contribution in [1.29, 1.82) is 5.26 Å². The zero-order valence-corrected chi connectivity index (χ0v) is 15.7. The van der Waals surface area contributed by atoms with Crippen LogP contribution in [0.3, 0.4) is 0 Å². The zero-order chi connectivity index (χ0) is 19.4. The molecule has 1 saturated heterocycles. The number of hydrogen-bond donors (Lipinski definition) is 1. The summed E-state index contributed by atoms with van der Waals surface area (Å²) in [6, 6.07) is 12.3. The second kappa shape index (κ2) is 8.10. The van der Waals surface area contributed by atoms with Crippen molar-refractivity contribution < 1.29 is 0 Å². The van der Waals surface area contributed by atoms with Crippen LogP contribution in [0, 0.1) is 11.3 Å². The van der Waals surface area contributed by atoms with E-state index < -0.39 is 11.2 Å². The molecule has 0 unspecified atom stereocenters. The number of aromatic nitrogens is 2. The Hall–Kier alpha value is -3.05. The minimum absolute atomic E-state index is 0.0338. The molecule has 0 bridgehead atoms. The largest absolute Gasteiger partial charge is 0.369 e. The number of nitriles is 1. The normalized spacial score (nSPS) is 14.8. The molecule has 2 aromatic rings. The summed E-state index contributed by atoms with van der Waals surface area (Å²) in [4.78, 5) is 28.9. The number of anilines is 2. The van der Waals surface area contributed by atoms with E-state index in [-0.39, 0.29) is 11.4 Å². The van der Waals surface area contributed by atoms with Crippen LogP contribution in [0.1, 0.15) is 5.56 Å². The molecule has 1 aliphatic rings.